The number of rotatable bonds is 4. The van der Waals surface area contributed by atoms with Crippen LogP contribution in [0.5, 0.6) is 5.75 Å². The second kappa shape index (κ2) is 8.58. The minimum absolute atomic E-state index is 0.220. The van der Waals surface area contributed by atoms with E-state index in [9.17, 15) is 9.90 Å². The summed E-state index contributed by atoms with van der Waals surface area (Å²) in [7, 11) is 0. The highest BCUT2D eigenvalue weighted by molar-refractivity contribution is 5.56. The van der Waals surface area contributed by atoms with Gasteiger partial charge in [-0.3, -0.25) is 0 Å². The van der Waals surface area contributed by atoms with Crippen molar-refractivity contribution in [1.29, 1.82) is 0 Å². The molecule has 1 aliphatic carbocycles. The fraction of sp³-hybridized carbons (Fsp3) is 0.321. The van der Waals surface area contributed by atoms with Gasteiger partial charge in [0, 0.05) is 30.6 Å². The molecule has 1 unspecified atom stereocenters. The summed E-state index contributed by atoms with van der Waals surface area (Å²) in [6.45, 7) is 1.89. The highest BCUT2D eigenvalue weighted by atomic mass is 16.3. The number of aryl methyl sites for hydroxylation is 1. The smallest absolute Gasteiger partial charge is 0.123 e. The summed E-state index contributed by atoms with van der Waals surface area (Å²) in [4.78, 5) is 13.5. The molecule has 3 nitrogen and oxygen atoms in total. The van der Waals surface area contributed by atoms with Crippen LogP contribution < -0.4 is 4.90 Å². The average Bonchev–Trinajstić information content (AvgIpc) is 2.84. The third kappa shape index (κ3) is 3.97. The Morgan fingerprint density at radius 3 is 2.29 bits per heavy atom. The second-order valence-electron chi connectivity index (χ2n) is 8.97. The van der Waals surface area contributed by atoms with E-state index in [1.54, 1.807) is 0 Å². The quantitative estimate of drug-likeness (QED) is 0.563. The molecule has 1 heterocycles. The summed E-state index contributed by atoms with van der Waals surface area (Å²) >= 11 is 0. The summed E-state index contributed by atoms with van der Waals surface area (Å²) in [6.07, 6.45) is 5.07. The molecule has 2 aliphatic rings. The molecule has 0 radical (unpaired) electrons. The molecule has 0 amide bonds. The molecular formula is C28H29NO2. The third-order valence-corrected chi connectivity index (χ3v) is 7.17. The van der Waals surface area contributed by atoms with E-state index < -0.39 is 0 Å². The largest absolute Gasteiger partial charge is 0.508 e. The number of hydrogen-bond donors (Lipinski definition) is 1. The van der Waals surface area contributed by atoms with Gasteiger partial charge in [0.1, 0.15) is 12.0 Å². The van der Waals surface area contributed by atoms with Gasteiger partial charge in [0.05, 0.1) is 0 Å². The maximum Gasteiger partial charge on any atom is 0.123 e. The zero-order valence-corrected chi connectivity index (χ0v) is 17.8. The number of aldehydes is 1. The van der Waals surface area contributed by atoms with E-state index in [0.29, 0.717) is 11.7 Å². The summed E-state index contributed by atoms with van der Waals surface area (Å²) in [6, 6.07) is 25.8. The lowest BCUT2D eigenvalue weighted by Gasteiger charge is -2.35. The highest BCUT2D eigenvalue weighted by Gasteiger charge is 2.32. The van der Waals surface area contributed by atoms with Crippen molar-refractivity contribution in [3.63, 3.8) is 0 Å². The van der Waals surface area contributed by atoms with E-state index in [0.717, 1.165) is 45.1 Å². The number of phenolic OH excluding ortho intramolecular Hbond substituents is 1. The van der Waals surface area contributed by atoms with E-state index in [1.807, 2.05) is 12.1 Å². The van der Waals surface area contributed by atoms with Crippen molar-refractivity contribution in [2.75, 3.05) is 18.0 Å². The van der Waals surface area contributed by atoms with Crippen LogP contribution in [0.2, 0.25) is 0 Å². The Morgan fingerprint density at radius 2 is 1.58 bits per heavy atom. The van der Waals surface area contributed by atoms with Gasteiger partial charge >= 0.3 is 0 Å². The van der Waals surface area contributed by atoms with Gasteiger partial charge in [-0.1, -0.05) is 48.5 Å². The number of nitrogens with zero attached hydrogens (tertiary/aromatic N) is 1. The van der Waals surface area contributed by atoms with Gasteiger partial charge in [-0.05, 0) is 78.1 Å². The Labute approximate surface area is 184 Å². The first-order valence-electron chi connectivity index (χ1n) is 11.4. The van der Waals surface area contributed by atoms with Crippen molar-refractivity contribution < 1.29 is 9.90 Å². The Kier molecular flexibility index (Phi) is 5.50. The fourth-order valence-corrected chi connectivity index (χ4v) is 5.46. The van der Waals surface area contributed by atoms with Crippen LogP contribution in [0.15, 0.2) is 72.8 Å². The minimum Gasteiger partial charge on any atom is -0.508 e. The Morgan fingerprint density at radius 1 is 0.839 bits per heavy atom. The Hall–Kier alpha value is -3.07. The molecule has 2 atom stereocenters. The summed E-state index contributed by atoms with van der Waals surface area (Å²) < 4.78 is 0. The zero-order chi connectivity index (χ0) is 21.2. The maximum atomic E-state index is 11.1. The third-order valence-electron chi connectivity index (χ3n) is 7.17. The number of hydrogen-bond acceptors (Lipinski definition) is 3. The van der Waals surface area contributed by atoms with Crippen LogP contribution in [-0.2, 0) is 11.2 Å². The number of piperidine rings is 1. The van der Waals surface area contributed by atoms with Gasteiger partial charge in [-0.25, -0.2) is 0 Å². The van der Waals surface area contributed by atoms with Gasteiger partial charge in [0.2, 0.25) is 0 Å². The Bertz CT molecular complexity index is 1040. The van der Waals surface area contributed by atoms with Crippen LogP contribution in [0.3, 0.4) is 0 Å². The number of benzene rings is 3. The zero-order valence-electron chi connectivity index (χ0n) is 17.8. The van der Waals surface area contributed by atoms with Crippen LogP contribution in [0.1, 0.15) is 53.4 Å². The van der Waals surface area contributed by atoms with E-state index in [4.69, 9.17) is 0 Å². The molecule has 1 fully saturated rings. The van der Waals surface area contributed by atoms with E-state index in [1.165, 1.54) is 27.9 Å². The van der Waals surface area contributed by atoms with Crippen LogP contribution in [0.4, 0.5) is 5.69 Å². The molecule has 3 aromatic carbocycles. The average molecular weight is 412 g/mol. The number of phenols is 1. The number of anilines is 1. The standard InChI is InChI=1S/C28H29NO2/c30-19-20-14-16-29(17-15-20)24-9-6-22(7-10-24)28-26(21-4-2-1-3-5-21)12-8-23-18-25(31)11-13-27(23)28/h1-7,9-11,13,18-20,26,28,31H,8,12,14-17H2/t26-,28?/m0/s1. The Balaban J connectivity index is 1.47. The van der Waals surface area contributed by atoms with Crippen molar-refractivity contribution in [2.45, 2.75) is 37.5 Å². The first-order chi connectivity index (χ1) is 15.2. The van der Waals surface area contributed by atoms with Gasteiger partial charge < -0.3 is 14.8 Å². The van der Waals surface area contributed by atoms with Gasteiger partial charge in [-0.15, -0.1) is 0 Å². The monoisotopic (exact) mass is 411 g/mol. The van der Waals surface area contributed by atoms with Crippen LogP contribution in [0, 0.1) is 5.92 Å². The van der Waals surface area contributed by atoms with Crippen LogP contribution in [0.25, 0.3) is 0 Å². The first-order valence-corrected chi connectivity index (χ1v) is 11.4. The fourth-order valence-electron chi connectivity index (χ4n) is 5.46. The molecule has 0 bridgehead atoms. The lowest BCUT2D eigenvalue weighted by molar-refractivity contribution is -0.111. The molecule has 0 spiro atoms. The summed E-state index contributed by atoms with van der Waals surface area (Å²) in [5.41, 5.74) is 6.54. The predicted octanol–water partition coefficient (Wildman–Crippen LogP) is 5.67. The molecule has 3 heteroatoms. The molecule has 31 heavy (non-hydrogen) atoms. The lowest BCUT2D eigenvalue weighted by atomic mass is 9.69. The normalized spacial score (nSPS) is 21.5. The lowest BCUT2D eigenvalue weighted by Crippen LogP contribution is -2.34. The van der Waals surface area contributed by atoms with Gasteiger partial charge in [0.15, 0.2) is 0 Å². The molecular weight excluding hydrogens is 382 g/mol. The highest BCUT2D eigenvalue weighted by Crippen LogP contribution is 2.47. The molecule has 0 saturated carbocycles. The van der Waals surface area contributed by atoms with Crippen LogP contribution >= 0.6 is 0 Å². The topological polar surface area (TPSA) is 40.5 Å². The molecule has 1 saturated heterocycles. The van der Waals surface area contributed by atoms with E-state index >= 15 is 0 Å². The number of aromatic hydroxyl groups is 1. The second-order valence-corrected chi connectivity index (χ2v) is 8.97. The first kappa shape index (κ1) is 19.9. The number of carbonyl (C=O) groups is 1. The van der Waals surface area contributed by atoms with Crippen molar-refractivity contribution >= 4 is 12.0 Å². The molecule has 3 aromatic rings. The SMILES string of the molecule is O=CC1CCN(c2ccc(C3c4ccc(O)cc4CC[C@H]3c3ccccc3)cc2)CC1. The van der Waals surface area contributed by atoms with E-state index in [-0.39, 0.29) is 11.8 Å². The summed E-state index contributed by atoms with van der Waals surface area (Å²) in [5, 5.41) is 10.0. The number of carbonyl (C=O) groups excluding carboxylic acids is 1. The van der Waals surface area contributed by atoms with Crippen molar-refractivity contribution in [1.82, 2.24) is 0 Å². The van der Waals surface area contributed by atoms with Crippen LogP contribution in [-0.4, -0.2) is 24.5 Å². The molecule has 158 valence electrons. The molecule has 1 N–H and O–H groups in total. The van der Waals surface area contributed by atoms with Gasteiger partial charge in [0.25, 0.3) is 0 Å². The minimum atomic E-state index is 0.220. The molecule has 0 aromatic heterocycles. The number of fused-ring (bicyclic) bond motifs is 1. The van der Waals surface area contributed by atoms with Crippen molar-refractivity contribution in [3.8, 4) is 5.75 Å². The maximum absolute atomic E-state index is 11.1. The van der Waals surface area contributed by atoms with Crippen molar-refractivity contribution in [2.24, 2.45) is 5.92 Å². The predicted molar refractivity (Wildman–Crippen MR) is 125 cm³/mol. The van der Waals surface area contributed by atoms with E-state index in [2.05, 4.69) is 65.6 Å². The van der Waals surface area contributed by atoms with Crippen molar-refractivity contribution in [3.05, 3.63) is 95.1 Å². The summed E-state index contributed by atoms with van der Waals surface area (Å²) in [5.74, 6) is 1.27. The molecule has 5 rings (SSSR count). The molecule has 1 aliphatic heterocycles. The van der Waals surface area contributed by atoms with Gasteiger partial charge in [-0.2, -0.15) is 0 Å².